The van der Waals surface area contributed by atoms with Gasteiger partial charge in [0, 0.05) is 6.42 Å². The van der Waals surface area contributed by atoms with Gasteiger partial charge in [0.2, 0.25) is 0 Å². The first-order chi connectivity index (χ1) is 15.1. The Balaban J connectivity index is 1.52. The summed E-state index contributed by atoms with van der Waals surface area (Å²) in [7, 11) is 0. The number of benzene rings is 2. The Morgan fingerprint density at radius 2 is 1.78 bits per heavy atom. The van der Waals surface area contributed by atoms with Crippen molar-refractivity contribution in [1.82, 2.24) is 5.32 Å². The number of aliphatic carboxylic acids is 1. The van der Waals surface area contributed by atoms with Gasteiger partial charge >= 0.3 is 18.0 Å². The molecule has 0 spiro atoms. The van der Waals surface area contributed by atoms with Crippen molar-refractivity contribution in [3.8, 4) is 11.1 Å². The minimum atomic E-state index is -1.18. The lowest BCUT2D eigenvalue weighted by Crippen LogP contribution is -2.41. The van der Waals surface area contributed by atoms with Gasteiger partial charge in [0.05, 0.1) is 0 Å². The molecule has 0 radical (unpaired) electrons. The number of carbonyl (C=O) groups is 3. The molecule has 7 heteroatoms. The molecule has 32 heavy (non-hydrogen) atoms. The maximum atomic E-state index is 12.2. The number of nitrogens with one attached hydrogen (secondary N) is 1. The van der Waals surface area contributed by atoms with Gasteiger partial charge in [-0.05, 0) is 67.9 Å². The van der Waals surface area contributed by atoms with Crippen molar-refractivity contribution in [2.45, 2.75) is 64.7 Å². The summed E-state index contributed by atoms with van der Waals surface area (Å²) >= 11 is 0. The average molecular weight is 440 g/mol. The fraction of sp³-hybridized carbons (Fsp3) is 0.400. The predicted octanol–water partition coefficient (Wildman–Crippen LogP) is 4.45. The van der Waals surface area contributed by atoms with Crippen LogP contribution in [-0.4, -0.2) is 34.8 Å². The first-order valence-corrected chi connectivity index (χ1v) is 10.7. The molecule has 1 atom stereocenters. The number of hydrogen-bond donors (Lipinski definition) is 2. The first kappa shape index (κ1) is 23.3. The third kappa shape index (κ3) is 6.09. The van der Waals surface area contributed by atoms with Crippen molar-refractivity contribution in [3.63, 3.8) is 0 Å². The normalized spacial score (nSPS) is 13.0. The van der Waals surface area contributed by atoms with Crippen LogP contribution in [0, 0.1) is 0 Å². The molecule has 0 heterocycles. The van der Waals surface area contributed by atoms with E-state index in [9.17, 15) is 19.5 Å². The lowest BCUT2D eigenvalue weighted by atomic mass is 10.0. The van der Waals surface area contributed by atoms with E-state index in [-0.39, 0.29) is 25.9 Å². The first-order valence-electron chi connectivity index (χ1n) is 10.7. The predicted molar refractivity (Wildman–Crippen MR) is 119 cm³/mol. The summed E-state index contributed by atoms with van der Waals surface area (Å²) in [5, 5.41) is 11.8. The summed E-state index contributed by atoms with van der Waals surface area (Å²) in [5.41, 5.74) is 4.97. The maximum absolute atomic E-state index is 12.2. The van der Waals surface area contributed by atoms with E-state index in [1.807, 2.05) is 24.3 Å². The summed E-state index contributed by atoms with van der Waals surface area (Å²) in [4.78, 5) is 35.5. The summed E-state index contributed by atoms with van der Waals surface area (Å²) < 4.78 is 10.5. The summed E-state index contributed by atoms with van der Waals surface area (Å²) in [5.74, 6) is -1.58. The van der Waals surface area contributed by atoms with Crippen LogP contribution >= 0.6 is 0 Å². The average Bonchev–Trinajstić information content (AvgIpc) is 3.09. The van der Waals surface area contributed by atoms with E-state index < -0.39 is 29.7 Å². The molecule has 0 saturated carbocycles. The van der Waals surface area contributed by atoms with Gasteiger partial charge in [0.15, 0.2) is 0 Å². The van der Waals surface area contributed by atoms with E-state index in [1.54, 1.807) is 20.8 Å². The molecule has 0 bridgehead atoms. The number of esters is 1. The van der Waals surface area contributed by atoms with Crippen molar-refractivity contribution < 1.29 is 29.0 Å². The van der Waals surface area contributed by atoms with Crippen LogP contribution in [0.15, 0.2) is 42.5 Å². The molecule has 0 aromatic heterocycles. The summed E-state index contributed by atoms with van der Waals surface area (Å²) in [6.07, 6.45) is 0.419. The molecule has 1 amide bonds. The minimum absolute atomic E-state index is 0.0489. The molecule has 2 N–H and O–H groups in total. The molecule has 7 nitrogen and oxygen atoms in total. The third-order valence-corrected chi connectivity index (χ3v) is 5.19. The van der Waals surface area contributed by atoms with Crippen LogP contribution < -0.4 is 5.32 Å². The molecule has 170 valence electrons. The maximum Gasteiger partial charge on any atom is 0.408 e. The van der Waals surface area contributed by atoms with E-state index in [0.717, 1.165) is 23.1 Å². The third-order valence-electron chi connectivity index (χ3n) is 5.19. The van der Waals surface area contributed by atoms with Gasteiger partial charge in [-0.15, -0.1) is 0 Å². The fourth-order valence-electron chi connectivity index (χ4n) is 3.79. The number of carboxylic acid groups (broad SMARTS) is 1. The Bertz CT molecular complexity index is 1010. The zero-order valence-corrected chi connectivity index (χ0v) is 18.6. The smallest absolute Gasteiger partial charge is 0.408 e. The zero-order chi connectivity index (χ0) is 23.3. The van der Waals surface area contributed by atoms with Gasteiger partial charge in [0.25, 0.3) is 0 Å². The summed E-state index contributed by atoms with van der Waals surface area (Å²) in [6, 6.07) is 12.9. The van der Waals surface area contributed by atoms with Crippen LogP contribution in [-0.2, 0) is 32.1 Å². The van der Waals surface area contributed by atoms with Gasteiger partial charge in [-0.3, -0.25) is 4.79 Å². The van der Waals surface area contributed by atoms with E-state index in [4.69, 9.17) is 9.47 Å². The highest BCUT2D eigenvalue weighted by molar-refractivity contribution is 5.80. The highest BCUT2D eigenvalue weighted by atomic mass is 16.6. The van der Waals surface area contributed by atoms with Gasteiger partial charge in [-0.25, -0.2) is 9.59 Å². The second kappa shape index (κ2) is 9.85. The molecule has 0 unspecified atom stereocenters. The van der Waals surface area contributed by atoms with Crippen LogP contribution in [0.1, 0.15) is 56.7 Å². The number of ether oxygens (including phenoxy) is 2. The molecule has 3 rings (SSSR count). The van der Waals surface area contributed by atoms with Gasteiger partial charge < -0.3 is 19.9 Å². The molecule has 0 fully saturated rings. The Morgan fingerprint density at radius 1 is 1.06 bits per heavy atom. The van der Waals surface area contributed by atoms with E-state index >= 15 is 0 Å². The van der Waals surface area contributed by atoms with Crippen molar-refractivity contribution in [2.24, 2.45) is 0 Å². The molecule has 0 aliphatic heterocycles. The van der Waals surface area contributed by atoms with Crippen LogP contribution in [0.25, 0.3) is 11.1 Å². The van der Waals surface area contributed by atoms with Gasteiger partial charge in [-0.1, -0.05) is 42.5 Å². The lowest BCUT2D eigenvalue weighted by molar-refractivity contribution is -0.155. The molecular weight excluding hydrogens is 410 g/mol. The molecule has 2 aromatic carbocycles. The van der Waals surface area contributed by atoms with Gasteiger partial charge in [0.1, 0.15) is 18.2 Å². The lowest BCUT2D eigenvalue weighted by Gasteiger charge is -2.20. The second-order valence-corrected chi connectivity index (χ2v) is 8.87. The number of amides is 1. The quantitative estimate of drug-likeness (QED) is 0.503. The summed E-state index contributed by atoms with van der Waals surface area (Å²) in [6.45, 7) is 5.35. The van der Waals surface area contributed by atoms with Crippen LogP contribution in [0.3, 0.4) is 0 Å². The number of fused-ring (bicyclic) bond motifs is 3. The van der Waals surface area contributed by atoms with Crippen molar-refractivity contribution in [3.05, 3.63) is 59.2 Å². The molecular formula is C25H29NO6. The number of alkyl carbamates (subject to hydrolysis) is 1. The SMILES string of the molecule is CC(C)(C)OC(=O)CCC[C@H](NC(=O)OCc1cccc2c1Cc1ccccc1-2)C(=O)O. The largest absolute Gasteiger partial charge is 0.480 e. The van der Waals surface area contributed by atoms with Crippen LogP contribution in [0.2, 0.25) is 0 Å². The van der Waals surface area contributed by atoms with E-state index in [0.29, 0.717) is 0 Å². The minimum Gasteiger partial charge on any atom is -0.480 e. The molecule has 0 saturated heterocycles. The van der Waals surface area contributed by atoms with Crippen molar-refractivity contribution >= 4 is 18.0 Å². The van der Waals surface area contributed by atoms with E-state index in [1.165, 1.54) is 11.1 Å². The Hall–Kier alpha value is -3.35. The number of rotatable bonds is 8. The monoisotopic (exact) mass is 439 g/mol. The number of carboxylic acids is 1. The Morgan fingerprint density at radius 3 is 2.50 bits per heavy atom. The van der Waals surface area contributed by atoms with Crippen LogP contribution in [0.4, 0.5) is 4.79 Å². The Kier molecular flexibility index (Phi) is 7.18. The molecule has 2 aromatic rings. The molecule has 1 aliphatic rings. The molecule has 1 aliphatic carbocycles. The second-order valence-electron chi connectivity index (χ2n) is 8.87. The van der Waals surface area contributed by atoms with Crippen molar-refractivity contribution in [1.29, 1.82) is 0 Å². The highest BCUT2D eigenvalue weighted by Gasteiger charge is 2.24. The van der Waals surface area contributed by atoms with Gasteiger partial charge in [-0.2, -0.15) is 0 Å². The van der Waals surface area contributed by atoms with Crippen molar-refractivity contribution in [2.75, 3.05) is 0 Å². The topological polar surface area (TPSA) is 102 Å². The fourth-order valence-corrected chi connectivity index (χ4v) is 3.79. The zero-order valence-electron chi connectivity index (χ0n) is 18.6. The van der Waals surface area contributed by atoms with Crippen LogP contribution in [0.5, 0.6) is 0 Å². The highest BCUT2D eigenvalue weighted by Crippen LogP contribution is 2.38. The standard InChI is InChI=1S/C25H29NO6/c1-25(2,3)32-22(27)13-7-12-21(23(28)29)26-24(30)31-15-17-9-6-11-19-18-10-5-4-8-16(18)14-20(17)19/h4-6,8-11,21H,7,12-15H2,1-3H3,(H,26,30)(H,28,29)/t21-/m0/s1. The van der Waals surface area contributed by atoms with E-state index in [2.05, 4.69) is 23.5 Å². The Labute approximate surface area is 187 Å². The number of hydrogen-bond acceptors (Lipinski definition) is 5. The number of carbonyl (C=O) groups excluding carboxylic acids is 2.